The van der Waals surface area contributed by atoms with Crippen LogP contribution in [-0.2, 0) is 19.5 Å². The van der Waals surface area contributed by atoms with Crippen molar-refractivity contribution in [2.45, 2.75) is 26.4 Å². The maximum Gasteiger partial charge on any atom is 0.191 e. The van der Waals surface area contributed by atoms with E-state index in [1.165, 1.54) is 17.2 Å². The lowest BCUT2D eigenvalue weighted by Crippen LogP contribution is -2.38. The molecule has 140 valence electrons. The average molecular weight is 356 g/mol. The second-order valence-electron chi connectivity index (χ2n) is 6.56. The molecule has 0 aliphatic carbocycles. The van der Waals surface area contributed by atoms with Crippen molar-refractivity contribution in [2.75, 3.05) is 27.2 Å². The van der Waals surface area contributed by atoms with Crippen LogP contribution in [-0.4, -0.2) is 38.0 Å². The van der Waals surface area contributed by atoms with Crippen molar-refractivity contribution in [3.05, 3.63) is 71.0 Å². The summed E-state index contributed by atoms with van der Waals surface area (Å²) in [5.41, 5.74) is 3.45. The van der Waals surface area contributed by atoms with Gasteiger partial charge in [0, 0.05) is 19.6 Å². The van der Waals surface area contributed by atoms with E-state index in [2.05, 4.69) is 58.9 Å². The fourth-order valence-corrected chi connectivity index (χ4v) is 2.65. The third-order valence-corrected chi connectivity index (χ3v) is 3.88. The van der Waals surface area contributed by atoms with Gasteiger partial charge in [-0.3, -0.25) is 0 Å². The highest BCUT2D eigenvalue weighted by Crippen LogP contribution is 2.07. The van der Waals surface area contributed by atoms with Crippen molar-refractivity contribution in [3.8, 4) is 0 Å². The summed E-state index contributed by atoms with van der Waals surface area (Å²) in [6.07, 6.45) is 0.751. The molecule has 2 N–H and O–H groups in total. The maximum atomic E-state index is 13.2. The monoisotopic (exact) mass is 356 g/mol. The van der Waals surface area contributed by atoms with Crippen molar-refractivity contribution >= 4 is 5.96 Å². The number of hydrogen-bond donors (Lipinski definition) is 2. The fraction of sp³-hybridized carbons (Fsp3) is 0.381. The summed E-state index contributed by atoms with van der Waals surface area (Å²) in [5.74, 6) is 0.585. The van der Waals surface area contributed by atoms with Gasteiger partial charge in [-0.25, -0.2) is 9.38 Å². The Labute approximate surface area is 156 Å². The lowest BCUT2D eigenvalue weighted by molar-refractivity contribution is 0.402. The lowest BCUT2D eigenvalue weighted by atomic mass is 10.1. The quantitative estimate of drug-likeness (QED) is 0.564. The van der Waals surface area contributed by atoms with Gasteiger partial charge in [0.25, 0.3) is 0 Å². The van der Waals surface area contributed by atoms with E-state index in [0.29, 0.717) is 13.1 Å². The van der Waals surface area contributed by atoms with Crippen molar-refractivity contribution < 1.29 is 4.39 Å². The molecule has 5 heteroatoms. The second kappa shape index (κ2) is 10.6. The minimum atomic E-state index is -0.194. The van der Waals surface area contributed by atoms with E-state index in [9.17, 15) is 4.39 Å². The molecule has 0 aliphatic rings. The number of halogens is 1. The molecule has 2 aromatic rings. The minimum absolute atomic E-state index is 0.194. The molecule has 0 saturated heterocycles. The van der Waals surface area contributed by atoms with Crippen molar-refractivity contribution in [1.82, 2.24) is 15.5 Å². The van der Waals surface area contributed by atoms with E-state index < -0.39 is 0 Å². The second-order valence-corrected chi connectivity index (χ2v) is 6.56. The van der Waals surface area contributed by atoms with Gasteiger partial charge in [-0.1, -0.05) is 36.4 Å². The van der Waals surface area contributed by atoms with Crippen LogP contribution in [0.25, 0.3) is 0 Å². The Morgan fingerprint density at radius 2 is 1.73 bits per heavy atom. The summed E-state index contributed by atoms with van der Waals surface area (Å²) in [6, 6.07) is 15.3. The van der Waals surface area contributed by atoms with E-state index in [0.717, 1.165) is 31.0 Å². The number of benzene rings is 2. The summed E-state index contributed by atoms with van der Waals surface area (Å²) in [5, 5.41) is 6.55. The first-order valence-corrected chi connectivity index (χ1v) is 9.06. The minimum Gasteiger partial charge on any atom is -0.357 e. The van der Waals surface area contributed by atoms with Crippen LogP contribution in [0.5, 0.6) is 0 Å². The molecule has 0 bridgehead atoms. The van der Waals surface area contributed by atoms with Gasteiger partial charge < -0.3 is 15.5 Å². The molecule has 26 heavy (non-hydrogen) atoms. The van der Waals surface area contributed by atoms with E-state index in [-0.39, 0.29) is 5.82 Å². The SMILES string of the molecule is CCNC(=NCc1ccc(CN(C)C)cc1)NCCc1cccc(F)c1. The largest absolute Gasteiger partial charge is 0.357 e. The highest BCUT2D eigenvalue weighted by Gasteiger charge is 2.00. The van der Waals surface area contributed by atoms with Crippen LogP contribution < -0.4 is 10.6 Å². The van der Waals surface area contributed by atoms with Gasteiger partial charge in [-0.05, 0) is 56.3 Å². The Morgan fingerprint density at radius 3 is 2.38 bits per heavy atom. The summed E-state index contributed by atoms with van der Waals surface area (Å²) < 4.78 is 13.2. The Balaban J connectivity index is 1.87. The van der Waals surface area contributed by atoms with E-state index in [1.807, 2.05) is 13.0 Å². The van der Waals surface area contributed by atoms with Gasteiger partial charge in [0.2, 0.25) is 0 Å². The molecule has 2 aromatic carbocycles. The Kier molecular flexibility index (Phi) is 8.09. The van der Waals surface area contributed by atoms with Crippen LogP contribution in [0.4, 0.5) is 4.39 Å². The van der Waals surface area contributed by atoms with E-state index in [1.54, 1.807) is 12.1 Å². The molecule has 0 fully saturated rings. The van der Waals surface area contributed by atoms with Crippen LogP contribution in [0.2, 0.25) is 0 Å². The highest BCUT2D eigenvalue weighted by atomic mass is 19.1. The Hall–Kier alpha value is -2.40. The van der Waals surface area contributed by atoms with Gasteiger partial charge in [-0.15, -0.1) is 0 Å². The molecule has 0 amide bonds. The molecular formula is C21H29FN4. The number of aliphatic imine (C=N–C) groups is 1. The van der Waals surface area contributed by atoms with Gasteiger partial charge in [0.05, 0.1) is 6.54 Å². The van der Waals surface area contributed by atoms with Crippen LogP contribution >= 0.6 is 0 Å². The van der Waals surface area contributed by atoms with Crippen LogP contribution in [0.3, 0.4) is 0 Å². The molecule has 2 rings (SSSR count). The van der Waals surface area contributed by atoms with Gasteiger partial charge in [0.15, 0.2) is 5.96 Å². The van der Waals surface area contributed by atoms with Crippen molar-refractivity contribution in [3.63, 3.8) is 0 Å². The van der Waals surface area contributed by atoms with Crippen LogP contribution in [0.15, 0.2) is 53.5 Å². The molecule has 0 atom stereocenters. The normalized spacial score (nSPS) is 11.7. The van der Waals surface area contributed by atoms with Crippen LogP contribution in [0, 0.1) is 5.82 Å². The van der Waals surface area contributed by atoms with Gasteiger partial charge in [0.1, 0.15) is 5.82 Å². The molecule has 0 radical (unpaired) electrons. The average Bonchev–Trinajstić information content (AvgIpc) is 2.60. The Morgan fingerprint density at radius 1 is 1.00 bits per heavy atom. The molecule has 0 aromatic heterocycles. The molecule has 0 saturated carbocycles. The lowest BCUT2D eigenvalue weighted by Gasteiger charge is -2.12. The van der Waals surface area contributed by atoms with E-state index in [4.69, 9.17) is 0 Å². The summed E-state index contributed by atoms with van der Waals surface area (Å²) in [4.78, 5) is 6.78. The predicted molar refractivity (Wildman–Crippen MR) is 107 cm³/mol. The molecule has 4 nitrogen and oxygen atoms in total. The number of rotatable bonds is 8. The number of guanidine groups is 1. The fourth-order valence-electron chi connectivity index (χ4n) is 2.65. The first-order chi connectivity index (χ1) is 12.6. The summed E-state index contributed by atoms with van der Waals surface area (Å²) >= 11 is 0. The summed E-state index contributed by atoms with van der Waals surface area (Å²) in [7, 11) is 4.13. The van der Waals surface area contributed by atoms with Gasteiger partial charge in [-0.2, -0.15) is 0 Å². The zero-order valence-corrected chi connectivity index (χ0v) is 15.9. The zero-order valence-electron chi connectivity index (χ0n) is 15.9. The Bertz CT molecular complexity index is 695. The molecule has 0 unspecified atom stereocenters. The van der Waals surface area contributed by atoms with E-state index >= 15 is 0 Å². The smallest absolute Gasteiger partial charge is 0.191 e. The molecule has 0 aliphatic heterocycles. The van der Waals surface area contributed by atoms with Gasteiger partial charge >= 0.3 is 0 Å². The molecule has 0 spiro atoms. The standard InChI is InChI=1S/C21H29FN4/c1-4-23-21(24-13-12-17-6-5-7-20(22)14-17)25-15-18-8-10-19(11-9-18)16-26(2)3/h5-11,14H,4,12-13,15-16H2,1-3H3,(H2,23,24,25). The summed E-state index contributed by atoms with van der Waals surface area (Å²) in [6.45, 7) is 5.11. The third-order valence-electron chi connectivity index (χ3n) is 3.88. The zero-order chi connectivity index (χ0) is 18.8. The number of nitrogens with one attached hydrogen (secondary N) is 2. The highest BCUT2D eigenvalue weighted by molar-refractivity contribution is 5.79. The first kappa shape index (κ1) is 19.9. The molecule has 0 heterocycles. The van der Waals surface area contributed by atoms with Crippen molar-refractivity contribution in [2.24, 2.45) is 4.99 Å². The number of hydrogen-bond acceptors (Lipinski definition) is 2. The third kappa shape index (κ3) is 7.23. The first-order valence-electron chi connectivity index (χ1n) is 9.06. The molecular weight excluding hydrogens is 327 g/mol. The van der Waals surface area contributed by atoms with Crippen LogP contribution in [0.1, 0.15) is 23.6 Å². The van der Waals surface area contributed by atoms with Crippen molar-refractivity contribution in [1.29, 1.82) is 0 Å². The topological polar surface area (TPSA) is 39.7 Å². The maximum absolute atomic E-state index is 13.2. The number of nitrogens with zero attached hydrogens (tertiary/aromatic N) is 2. The predicted octanol–water partition coefficient (Wildman–Crippen LogP) is 3.19.